The minimum Gasteiger partial charge on any atom is -0.480 e. The van der Waals surface area contributed by atoms with E-state index in [0.29, 0.717) is 18.8 Å². The van der Waals surface area contributed by atoms with Crippen LogP contribution in [0.4, 0.5) is 0 Å². The molecule has 0 fully saturated rings. The highest BCUT2D eigenvalue weighted by Crippen LogP contribution is 2.04. The second-order valence-corrected chi connectivity index (χ2v) is 3.79. The summed E-state index contributed by atoms with van der Waals surface area (Å²) in [6.45, 7) is 9.83. The Morgan fingerprint density at radius 2 is 1.75 bits per heavy atom. The number of nitrogens with one attached hydrogen (secondary N) is 1. The lowest BCUT2D eigenvalue weighted by Crippen LogP contribution is -2.40. The average molecular weight is 231 g/mol. The lowest BCUT2D eigenvalue weighted by molar-refractivity contribution is -0.140. The molecule has 0 aromatic heterocycles. The SMILES string of the molecule is CC.CCC(=O)CNC(CC(C)C)C(=O)O. The monoisotopic (exact) mass is 231 g/mol. The highest BCUT2D eigenvalue weighted by molar-refractivity contribution is 5.81. The Bertz CT molecular complexity index is 202. The molecule has 0 saturated heterocycles. The zero-order valence-corrected chi connectivity index (χ0v) is 11.0. The van der Waals surface area contributed by atoms with Crippen LogP contribution in [0.25, 0.3) is 0 Å². The summed E-state index contributed by atoms with van der Waals surface area (Å²) in [4.78, 5) is 21.7. The van der Waals surface area contributed by atoms with Gasteiger partial charge in [-0.1, -0.05) is 34.6 Å². The third-order valence-electron chi connectivity index (χ3n) is 1.95. The van der Waals surface area contributed by atoms with E-state index in [-0.39, 0.29) is 12.3 Å². The molecule has 0 aliphatic rings. The Hall–Kier alpha value is -0.900. The molecular weight excluding hydrogens is 206 g/mol. The Labute approximate surface area is 98.4 Å². The summed E-state index contributed by atoms with van der Waals surface area (Å²) in [5.41, 5.74) is 0. The lowest BCUT2D eigenvalue weighted by atomic mass is 10.0. The average Bonchev–Trinajstić information content (AvgIpc) is 2.25. The van der Waals surface area contributed by atoms with Crippen LogP contribution in [0.3, 0.4) is 0 Å². The molecule has 4 nitrogen and oxygen atoms in total. The van der Waals surface area contributed by atoms with Gasteiger partial charge in [-0.15, -0.1) is 0 Å². The van der Waals surface area contributed by atoms with Gasteiger partial charge >= 0.3 is 5.97 Å². The quantitative estimate of drug-likeness (QED) is 0.704. The summed E-state index contributed by atoms with van der Waals surface area (Å²) in [7, 11) is 0. The lowest BCUT2D eigenvalue weighted by Gasteiger charge is -2.15. The van der Waals surface area contributed by atoms with Crippen LogP contribution < -0.4 is 5.32 Å². The topological polar surface area (TPSA) is 66.4 Å². The minimum absolute atomic E-state index is 0.0417. The molecule has 16 heavy (non-hydrogen) atoms. The van der Waals surface area contributed by atoms with Crippen molar-refractivity contribution < 1.29 is 14.7 Å². The largest absolute Gasteiger partial charge is 0.480 e. The van der Waals surface area contributed by atoms with Crippen LogP contribution in [0.5, 0.6) is 0 Å². The van der Waals surface area contributed by atoms with E-state index in [1.54, 1.807) is 6.92 Å². The summed E-state index contributed by atoms with van der Waals surface area (Å²) in [5.74, 6) is -0.539. The first-order valence-electron chi connectivity index (χ1n) is 5.95. The first kappa shape index (κ1) is 17.5. The molecule has 0 aromatic rings. The number of Topliss-reactive ketones (excluding diaryl/α,β-unsaturated/α-hetero) is 1. The normalized spacial score (nSPS) is 11.6. The summed E-state index contributed by atoms with van der Waals surface area (Å²) >= 11 is 0. The highest BCUT2D eigenvalue weighted by Gasteiger charge is 2.18. The number of ketones is 1. The molecule has 0 spiro atoms. The summed E-state index contributed by atoms with van der Waals surface area (Å²) in [6, 6.07) is -0.606. The third kappa shape index (κ3) is 9.65. The van der Waals surface area contributed by atoms with Gasteiger partial charge in [-0.3, -0.25) is 14.9 Å². The Morgan fingerprint density at radius 3 is 2.06 bits per heavy atom. The van der Waals surface area contributed by atoms with Crippen molar-refractivity contribution in [2.45, 2.75) is 53.5 Å². The number of hydrogen-bond donors (Lipinski definition) is 2. The Morgan fingerprint density at radius 1 is 1.25 bits per heavy atom. The molecule has 0 rings (SSSR count). The van der Waals surface area contributed by atoms with E-state index < -0.39 is 12.0 Å². The van der Waals surface area contributed by atoms with Gasteiger partial charge in [0.25, 0.3) is 0 Å². The van der Waals surface area contributed by atoms with Gasteiger partial charge in [0.05, 0.1) is 6.54 Å². The molecule has 0 amide bonds. The van der Waals surface area contributed by atoms with Crippen molar-refractivity contribution in [3.8, 4) is 0 Å². The van der Waals surface area contributed by atoms with Crippen molar-refractivity contribution in [2.75, 3.05) is 6.54 Å². The number of hydrogen-bond acceptors (Lipinski definition) is 3. The van der Waals surface area contributed by atoms with Gasteiger partial charge in [0.1, 0.15) is 11.8 Å². The Kier molecular flexibility index (Phi) is 11.6. The van der Waals surface area contributed by atoms with Crippen molar-refractivity contribution in [2.24, 2.45) is 5.92 Å². The first-order valence-corrected chi connectivity index (χ1v) is 5.95. The van der Waals surface area contributed by atoms with Gasteiger partial charge in [0, 0.05) is 6.42 Å². The minimum atomic E-state index is -0.886. The van der Waals surface area contributed by atoms with Gasteiger partial charge in [-0.25, -0.2) is 0 Å². The second kappa shape index (κ2) is 10.6. The number of aliphatic carboxylic acids is 1. The molecule has 96 valence electrons. The fourth-order valence-corrected chi connectivity index (χ4v) is 1.10. The summed E-state index contributed by atoms with van der Waals surface area (Å²) in [5, 5.41) is 11.6. The number of rotatable bonds is 7. The number of carboxylic acid groups (broad SMARTS) is 1. The molecule has 0 aliphatic carbocycles. The van der Waals surface area contributed by atoms with Crippen molar-refractivity contribution >= 4 is 11.8 Å². The molecule has 0 bridgehead atoms. The van der Waals surface area contributed by atoms with E-state index in [1.165, 1.54) is 0 Å². The smallest absolute Gasteiger partial charge is 0.320 e. The van der Waals surface area contributed by atoms with Crippen molar-refractivity contribution in [1.29, 1.82) is 0 Å². The standard InChI is InChI=1S/C10H19NO3.C2H6/c1-4-8(12)6-11-9(10(13)14)5-7(2)3;1-2/h7,9,11H,4-6H2,1-3H3,(H,13,14);1-2H3. The predicted octanol–water partition coefficient (Wildman–Crippen LogP) is 2.08. The van der Waals surface area contributed by atoms with Crippen LogP contribution in [0.2, 0.25) is 0 Å². The zero-order valence-electron chi connectivity index (χ0n) is 11.0. The van der Waals surface area contributed by atoms with Gasteiger partial charge in [-0.05, 0) is 12.3 Å². The van der Waals surface area contributed by atoms with E-state index in [0.717, 1.165) is 0 Å². The first-order chi connectivity index (χ1) is 7.47. The maximum atomic E-state index is 11.0. The maximum Gasteiger partial charge on any atom is 0.320 e. The molecule has 1 atom stereocenters. The van der Waals surface area contributed by atoms with Crippen LogP contribution in [-0.2, 0) is 9.59 Å². The third-order valence-corrected chi connectivity index (χ3v) is 1.95. The van der Waals surface area contributed by atoms with Crippen LogP contribution in [-0.4, -0.2) is 29.4 Å². The number of carbonyl (C=O) groups excluding carboxylic acids is 1. The van der Waals surface area contributed by atoms with E-state index in [4.69, 9.17) is 5.11 Å². The van der Waals surface area contributed by atoms with Gasteiger partial charge in [0.2, 0.25) is 0 Å². The highest BCUT2D eigenvalue weighted by atomic mass is 16.4. The maximum absolute atomic E-state index is 11.0. The van der Waals surface area contributed by atoms with Gasteiger partial charge < -0.3 is 5.11 Å². The fraction of sp³-hybridized carbons (Fsp3) is 0.833. The molecule has 0 heterocycles. The zero-order chi connectivity index (χ0) is 13.1. The number of carbonyl (C=O) groups is 2. The van der Waals surface area contributed by atoms with E-state index in [2.05, 4.69) is 5.32 Å². The van der Waals surface area contributed by atoms with Gasteiger partial charge in [0.15, 0.2) is 0 Å². The van der Waals surface area contributed by atoms with Crippen molar-refractivity contribution in [3.63, 3.8) is 0 Å². The van der Waals surface area contributed by atoms with E-state index >= 15 is 0 Å². The van der Waals surface area contributed by atoms with Crippen molar-refractivity contribution in [3.05, 3.63) is 0 Å². The van der Waals surface area contributed by atoms with Crippen LogP contribution in [0.1, 0.15) is 47.5 Å². The van der Waals surface area contributed by atoms with Gasteiger partial charge in [-0.2, -0.15) is 0 Å². The molecule has 0 radical (unpaired) electrons. The van der Waals surface area contributed by atoms with E-state index in [1.807, 2.05) is 27.7 Å². The second-order valence-electron chi connectivity index (χ2n) is 3.79. The molecule has 1 unspecified atom stereocenters. The number of carboxylic acids is 1. The molecule has 0 aromatic carbocycles. The molecule has 0 aliphatic heterocycles. The van der Waals surface area contributed by atoms with Crippen LogP contribution in [0.15, 0.2) is 0 Å². The summed E-state index contributed by atoms with van der Waals surface area (Å²) < 4.78 is 0. The Balaban J connectivity index is 0. The molecule has 2 N–H and O–H groups in total. The molecular formula is C12H25NO3. The van der Waals surface area contributed by atoms with Crippen molar-refractivity contribution in [1.82, 2.24) is 5.32 Å². The van der Waals surface area contributed by atoms with Crippen LogP contribution >= 0.6 is 0 Å². The van der Waals surface area contributed by atoms with Crippen LogP contribution in [0, 0.1) is 5.92 Å². The summed E-state index contributed by atoms with van der Waals surface area (Å²) in [6.07, 6.45) is 0.993. The molecule has 4 heteroatoms. The predicted molar refractivity (Wildman–Crippen MR) is 65.5 cm³/mol. The fourth-order valence-electron chi connectivity index (χ4n) is 1.10. The molecule has 0 saturated carbocycles. The van der Waals surface area contributed by atoms with E-state index in [9.17, 15) is 9.59 Å².